The van der Waals surface area contributed by atoms with Crippen molar-refractivity contribution in [1.29, 1.82) is 0 Å². The molecule has 4 rings (SSSR count). The molecule has 1 atom stereocenters. The highest BCUT2D eigenvalue weighted by atomic mass is 16.2. The molecule has 1 aliphatic heterocycles. The summed E-state index contributed by atoms with van der Waals surface area (Å²) in [6, 6.07) is 15.7. The van der Waals surface area contributed by atoms with E-state index in [4.69, 9.17) is 0 Å². The highest BCUT2D eigenvalue weighted by molar-refractivity contribution is 5.92. The Morgan fingerprint density at radius 1 is 1.17 bits per heavy atom. The van der Waals surface area contributed by atoms with Crippen LogP contribution < -0.4 is 0 Å². The maximum atomic E-state index is 12.9. The van der Waals surface area contributed by atoms with Gasteiger partial charge in [-0.2, -0.15) is 0 Å². The number of aromatic nitrogens is 3. The van der Waals surface area contributed by atoms with Crippen LogP contribution in [0.5, 0.6) is 0 Å². The average molecular weight is 318 g/mol. The van der Waals surface area contributed by atoms with E-state index in [-0.39, 0.29) is 11.8 Å². The first-order chi connectivity index (χ1) is 11.7. The lowest BCUT2D eigenvalue weighted by Crippen LogP contribution is -2.39. The Hall–Kier alpha value is -2.95. The molecule has 1 aromatic carbocycles. The summed E-state index contributed by atoms with van der Waals surface area (Å²) in [7, 11) is 0. The molecule has 0 fully saturated rings. The number of imidazole rings is 1. The average Bonchev–Trinajstić information content (AvgIpc) is 3.09. The van der Waals surface area contributed by atoms with E-state index in [1.807, 2.05) is 42.2 Å². The fourth-order valence-electron chi connectivity index (χ4n) is 3.25. The number of hydrogen-bond donors (Lipinski definition) is 1. The Balaban J connectivity index is 1.69. The summed E-state index contributed by atoms with van der Waals surface area (Å²) in [5.74, 6) is 0.0369. The van der Waals surface area contributed by atoms with Gasteiger partial charge in [-0.25, -0.2) is 9.97 Å². The molecule has 120 valence electrons. The monoisotopic (exact) mass is 318 g/mol. The summed E-state index contributed by atoms with van der Waals surface area (Å²) in [6.07, 6.45) is 1.71. The maximum Gasteiger partial charge on any atom is 0.272 e. The minimum absolute atomic E-state index is 0.0418. The lowest BCUT2D eigenvalue weighted by atomic mass is 9.91. The molecule has 1 aliphatic rings. The molecule has 0 radical (unpaired) electrons. The number of carbonyl (C=O) groups excluding carboxylic acids is 1. The Morgan fingerprint density at radius 3 is 2.79 bits per heavy atom. The minimum Gasteiger partial charge on any atom is -0.347 e. The number of rotatable bonds is 2. The zero-order valence-corrected chi connectivity index (χ0v) is 13.4. The number of hydrogen-bond acceptors (Lipinski definition) is 3. The van der Waals surface area contributed by atoms with Crippen molar-refractivity contribution < 1.29 is 4.79 Å². The molecule has 0 bridgehead atoms. The molecular formula is C19H18N4O. The van der Waals surface area contributed by atoms with Gasteiger partial charge in [0.1, 0.15) is 5.69 Å². The number of aryl methyl sites for hydroxylation is 1. The van der Waals surface area contributed by atoms with Gasteiger partial charge < -0.3 is 9.88 Å². The van der Waals surface area contributed by atoms with Gasteiger partial charge in [0.15, 0.2) is 0 Å². The molecule has 5 heteroatoms. The SMILES string of the molecule is Cc1cccc(C(=O)N2Cc3[nH]cnc3C(c3ccccc3)C2)n1. The number of aromatic amines is 1. The van der Waals surface area contributed by atoms with Crippen molar-refractivity contribution in [2.75, 3.05) is 6.54 Å². The number of nitrogens with zero attached hydrogens (tertiary/aromatic N) is 3. The van der Waals surface area contributed by atoms with E-state index in [2.05, 4.69) is 27.1 Å². The lowest BCUT2D eigenvalue weighted by molar-refractivity contribution is 0.0715. The van der Waals surface area contributed by atoms with Crippen molar-refractivity contribution in [2.45, 2.75) is 19.4 Å². The predicted molar refractivity (Wildman–Crippen MR) is 90.6 cm³/mol. The Morgan fingerprint density at radius 2 is 2.00 bits per heavy atom. The van der Waals surface area contributed by atoms with E-state index >= 15 is 0 Å². The van der Waals surface area contributed by atoms with Crippen LogP contribution in [0.1, 0.15) is 39.1 Å². The third kappa shape index (κ3) is 2.58. The number of amides is 1. The third-order valence-electron chi connectivity index (χ3n) is 4.43. The van der Waals surface area contributed by atoms with E-state index in [0.29, 0.717) is 18.8 Å². The number of carbonyl (C=O) groups is 1. The van der Waals surface area contributed by atoms with Crippen molar-refractivity contribution in [2.24, 2.45) is 0 Å². The Labute approximate surface area is 140 Å². The fraction of sp³-hybridized carbons (Fsp3) is 0.211. The van der Waals surface area contributed by atoms with E-state index < -0.39 is 0 Å². The van der Waals surface area contributed by atoms with Gasteiger partial charge in [-0.1, -0.05) is 36.4 Å². The highest BCUT2D eigenvalue weighted by Crippen LogP contribution is 2.31. The standard InChI is InChI=1S/C19H18N4O/c1-13-6-5-9-16(22-13)19(24)23-10-15(14-7-3-2-4-8-14)18-17(11-23)20-12-21-18/h2-9,12,15H,10-11H2,1H3,(H,20,21). The number of H-pyrrole nitrogens is 1. The number of nitrogens with one attached hydrogen (secondary N) is 1. The molecule has 0 saturated heterocycles. The van der Waals surface area contributed by atoms with Gasteiger partial charge in [-0.3, -0.25) is 4.79 Å². The van der Waals surface area contributed by atoms with Crippen molar-refractivity contribution in [3.63, 3.8) is 0 Å². The molecule has 1 N–H and O–H groups in total. The molecular weight excluding hydrogens is 300 g/mol. The van der Waals surface area contributed by atoms with Crippen molar-refractivity contribution in [1.82, 2.24) is 19.9 Å². The van der Waals surface area contributed by atoms with Crippen LogP contribution >= 0.6 is 0 Å². The first-order valence-electron chi connectivity index (χ1n) is 8.02. The van der Waals surface area contributed by atoms with E-state index in [9.17, 15) is 4.79 Å². The van der Waals surface area contributed by atoms with Gasteiger partial charge in [0.05, 0.1) is 24.3 Å². The molecule has 24 heavy (non-hydrogen) atoms. The Bertz CT molecular complexity index is 872. The van der Waals surface area contributed by atoms with Crippen LogP contribution in [0.4, 0.5) is 0 Å². The zero-order valence-electron chi connectivity index (χ0n) is 13.4. The van der Waals surface area contributed by atoms with Crippen molar-refractivity contribution >= 4 is 5.91 Å². The summed E-state index contributed by atoms with van der Waals surface area (Å²) < 4.78 is 0. The summed E-state index contributed by atoms with van der Waals surface area (Å²) in [4.78, 5) is 26.8. The highest BCUT2D eigenvalue weighted by Gasteiger charge is 2.32. The molecule has 3 heterocycles. The first kappa shape index (κ1) is 14.6. The normalized spacial score (nSPS) is 16.7. The smallest absolute Gasteiger partial charge is 0.272 e. The second-order valence-electron chi connectivity index (χ2n) is 6.08. The zero-order chi connectivity index (χ0) is 16.5. The van der Waals surface area contributed by atoms with Crippen LogP contribution in [0.2, 0.25) is 0 Å². The minimum atomic E-state index is -0.0418. The van der Waals surface area contributed by atoms with Gasteiger partial charge >= 0.3 is 0 Å². The summed E-state index contributed by atoms with van der Waals surface area (Å²) in [5.41, 5.74) is 4.53. The van der Waals surface area contributed by atoms with Crippen LogP contribution in [0.3, 0.4) is 0 Å². The van der Waals surface area contributed by atoms with Crippen molar-refractivity contribution in [3.8, 4) is 0 Å². The predicted octanol–water partition coefficient (Wildman–Crippen LogP) is 2.90. The van der Waals surface area contributed by atoms with E-state index in [1.54, 1.807) is 12.4 Å². The van der Waals surface area contributed by atoms with Crippen LogP contribution in [-0.4, -0.2) is 32.3 Å². The van der Waals surface area contributed by atoms with Gasteiger partial charge in [-0.05, 0) is 24.6 Å². The van der Waals surface area contributed by atoms with E-state index in [0.717, 1.165) is 17.1 Å². The number of pyridine rings is 1. The van der Waals surface area contributed by atoms with Crippen LogP contribution in [0.25, 0.3) is 0 Å². The summed E-state index contributed by atoms with van der Waals surface area (Å²) >= 11 is 0. The van der Waals surface area contributed by atoms with Crippen molar-refractivity contribution in [3.05, 3.63) is 83.2 Å². The van der Waals surface area contributed by atoms with Crippen LogP contribution in [-0.2, 0) is 6.54 Å². The van der Waals surface area contributed by atoms with Gasteiger partial charge in [0.2, 0.25) is 0 Å². The molecule has 3 aromatic rings. The van der Waals surface area contributed by atoms with Gasteiger partial charge in [0, 0.05) is 18.2 Å². The third-order valence-corrected chi connectivity index (χ3v) is 4.43. The lowest BCUT2D eigenvalue weighted by Gasteiger charge is -2.32. The summed E-state index contributed by atoms with van der Waals surface area (Å²) in [5, 5.41) is 0. The second kappa shape index (κ2) is 5.92. The van der Waals surface area contributed by atoms with Crippen LogP contribution in [0.15, 0.2) is 54.9 Å². The second-order valence-corrected chi connectivity index (χ2v) is 6.08. The quantitative estimate of drug-likeness (QED) is 0.790. The molecule has 0 spiro atoms. The molecule has 0 aliphatic carbocycles. The molecule has 1 unspecified atom stereocenters. The first-order valence-corrected chi connectivity index (χ1v) is 8.02. The number of fused-ring (bicyclic) bond motifs is 1. The Kier molecular flexibility index (Phi) is 3.61. The maximum absolute atomic E-state index is 12.9. The van der Waals surface area contributed by atoms with Crippen LogP contribution in [0, 0.1) is 6.92 Å². The summed E-state index contributed by atoms with van der Waals surface area (Å²) in [6.45, 7) is 3.04. The topological polar surface area (TPSA) is 61.9 Å². The molecule has 2 aromatic heterocycles. The largest absolute Gasteiger partial charge is 0.347 e. The van der Waals surface area contributed by atoms with E-state index in [1.165, 1.54) is 5.56 Å². The molecule has 0 saturated carbocycles. The fourth-order valence-corrected chi connectivity index (χ4v) is 3.25. The van der Waals surface area contributed by atoms with Gasteiger partial charge in [0.25, 0.3) is 5.91 Å². The number of benzene rings is 1. The molecule has 5 nitrogen and oxygen atoms in total. The van der Waals surface area contributed by atoms with Gasteiger partial charge in [-0.15, -0.1) is 0 Å². The molecule has 1 amide bonds.